The van der Waals surface area contributed by atoms with Crippen LogP contribution >= 0.6 is 0 Å². The summed E-state index contributed by atoms with van der Waals surface area (Å²) in [5.74, 6) is -5.71. The van der Waals surface area contributed by atoms with Crippen LogP contribution in [0.25, 0.3) is 22.3 Å². The highest BCUT2D eigenvalue weighted by atomic mass is 16.4. The summed E-state index contributed by atoms with van der Waals surface area (Å²) >= 11 is 0. The van der Waals surface area contributed by atoms with E-state index in [1.807, 2.05) is 0 Å². The lowest BCUT2D eigenvalue weighted by molar-refractivity contribution is 0.0651. The van der Waals surface area contributed by atoms with Crippen molar-refractivity contribution in [2.75, 3.05) is 0 Å². The van der Waals surface area contributed by atoms with Crippen molar-refractivity contribution < 1.29 is 44.4 Å². The highest BCUT2D eigenvalue weighted by Crippen LogP contribution is 2.26. The van der Waals surface area contributed by atoms with Crippen LogP contribution in [0, 0.1) is 0 Å². The van der Waals surface area contributed by atoms with Gasteiger partial charge >= 0.3 is 23.9 Å². The molecule has 0 fully saturated rings. The molecular formula is C29H18O9. The first-order valence-corrected chi connectivity index (χ1v) is 11.0. The van der Waals surface area contributed by atoms with Crippen LogP contribution in [-0.4, -0.2) is 50.1 Å². The van der Waals surface area contributed by atoms with Gasteiger partial charge in [-0.2, -0.15) is 0 Å². The molecule has 0 saturated carbocycles. The summed E-state index contributed by atoms with van der Waals surface area (Å²) < 4.78 is 0. The first kappa shape index (κ1) is 25.5. The number of aromatic carboxylic acids is 4. The molecule has 0 unspecified atom stereocenters. The SMILES string of the molecule is O=C(c1ccc(-c2ccc(C(=O)O)c(C(=O)O)c2)cc1)c1ccc(-c2ccc(C(=O)O)c(C(=O)O)c2)cc1. The van der Waals surface area contributed by atoms with Gasteiger partial charge in [-0.25, -0.2) is 19.2 Å². The summed E-state index contributed by atoms with van der Waals surface area (Å²) in [6.07, 6.45) is 0. The minimum absolute atomic E-state index is 0.289. The van der Waals surface area contributed by atoms with Crippen LogP contribution in [0.5, 0.6) is 0 Å². The third kappa shape index (κ3) is 5.02. The maximum atomic E-state index is 13.0. The number of benzene rings is 4. The number of carbonyl (C=O) groups is 5. The molecule has 9 heteroatoms. The fraction of sp³-hybridized carbons (Fsp3) is 0. The van der Waals surface area contributed by atoms with Gasteiger partial charge in [-0.3, -0.25) is 4.79 Å². The standard InChI is InChI=1S/C29H18O9/c30-25(17-5-1-15(2-6-17)19-9-11-21(26(31)32)23(13-19)28(35)36)18-7-3-16(4-8-18)20-10-12-22(27(33)34)24(14-20)29(37)38/h1-14H,(H,31,32)(H,33,34)(H,35,36)(H,37,38). The third-order valence-electron chi connectivity index (χ3n) is 5.92. The van der Waals surface area contributed by atoms with Crippen LogP contribution in [0.3, 0.4) is 0 Å². The Morgan fingerprint density at radius 3 is 0.947 bits per heavy atom. The van der Waals surface area contributed by atoms with Crippen molar-refractivity contribution >= 4 is 29.7 Å². The Bertz CT molecular complexity index is 1490. The minimum Gasteiger partial charge on any atom is -0.478 e. The lowest BCUT2D eigenvalue weighted by Gasteiger charge is -2.09. The van der Waals surface area contributed by atoms with E-state index in [0.717, 1.165) is 0 Å². The Morgan fingerprint density at radius 1 is 0.368 bits per heavy atom. The van der Waals surface area contributed by atoms with E-state index in [-0.39, 0.29) is 28.0 Å². The molecule has 0 amide bonds. The molecule has 4 aromatic rings. The summed E-state index contributed by atoms with van der Waals surface area (Å²) in [7, 11) is 0. The van der Waals surface area contributed by atoms with Crippen LogP contribution in [0.4, 0.5) is 0 Å². The molecule has 4 aromatic carbocycles. The van der Waals surface area contributed by atoms with Gasteiger partial charge in [0.05, 0.1) is 22.3 Å². The van der Waals surface area contributed by atoms with Crippen LogP contribution in [0.1, 0.15) is 57.4 Å². The Labute approximate surface area is 214 Å². The van der Waals surface area contributed by atoms with Gasteiger partial charge in [-0.15, -0.1) is 0 Å². The molecule has 0 aliphatic carbocycles. The van der Waals surface area contributed by atoms with Crippen LogP contribution in [0.15, 0.2) is 84.9 Å². The predicted molar refractivity (Wildman–Crippen MR) is 135 cm³/mol. The normalized spacial score (nSPS) is 10.5. The molecule has 0 aliphatic rings. The molecule has 0 saturated heterocycles. The number of carboxylic acids is 4. The van der Waals surface area contributed by atoms with Gasteiger partial charge in [0.15, 0.2) is 5.78 Å². The lowest BCUT2D eigenvalue weighted by atomic mass is 9.95. The van der Waals surface area contributed by atoms with E-state index >= 15 is 0 Å². The number of carbonyl (C=O) groups excluding carboxylic acids is 1. The zero-order valence-corrected chi connectivity index (χ0v) is 19.4. The van der Waals surface area contributed by atoms with Gasteiger partial charge in [0.1, 0.15) is 0 Å². The molecule has 0 radical (unpaired) electrons. The third-order valence-corrected chi connectivity index (χ3v) is 5.92. The maximum Gasteiger partial charge on any atom is 0.336 e. The summed E-state index contributed by atoms with van der Waals surface area (Å²) in [5.41, 5.74) is 1.53. The molecule has 0 aromatic heterocycles. The summed E-state index contributed by atoms with van der Waals surface area (Å²) in [6.45, 7) is 0. The molecule has 0 aliphatic heterocycles. The number of hydrogen-bond donors (Lipinski definition) is 4. The fourth-order valence-electron chi connectivity index (χ4n) is 3.97. The smallest absolute Gasteiger partial charge is 0.336 e. The molecule has 9 nitrogen and oxygen atoms in total. The van der Waals surface area contributed by atoms with Crippen molar-refractivity contribution in [3.63, 3.8) is 0 Å². The second kappa shape index (κ2) is 10.2. The number of ketones is 1. The first-order chi connectivity index (χ1) is 18.1. The van der Waals surface area contributed by atoms with Crippen molar-refractivity contribution in [3.8, 4) is 22.3 Å². The second-order valence-corrected chi connectivity index (χ2v) is 8.23. The zero-order valence-electron chi connectivity index (χ0n) is 19.4. The number of rotatable bonds is 8. The van der Waals surface area contributed by atoms with Gasteiger partial charge in [0.2, 0.25) is 0 Å². The molecular weight excluding hydrogens is 492 g/mol. The topological polar surface area (TPSA) is 166 Å². The van der Waals surface area contributed by atoms with Crippen LogP contribution in [-0.2, 0) is 0 Å². The van der Waals surface area contributed by atoms with Crippen molar-refractivity contribution in [1.82, 2.24) is 0 Å². The Morgan fingerprint density at radius 2 is 0.658 bits per heavy atom. The quantitative estimate of drug-likeness (QED) is 0.237. The Hall–Kier alpha value is -5.57. The molecule has 4 rings (SSSR count). The monoisotopic (exact) mass is 510 g/mol. The number of carboxylic acid groups (broad SMARTS) is 4. The van der Waals surface area contributed by atoms with Gasteiger partial charge in [0, 0.05) is 11.1 Å². The molecule has 38 heavy (non-hydrogen) atoms. The highest BCUT2D eigenvalue weighted by Gasteiger charge is 2.18. The van der Waals surface area contributed by atoms with Gasteiger partial charge < -0.3 is 20.4 Å². The first-order valence-electron chi connectivity index (χ1n) is 11.0. The minimum atomic E-state index is -1.36. The zero-order chi connectivity index (χ0) is 27.6. The molecule has 4 N–H and O–H groups in total. The lowest BCUT2D eigenvalue weighted by Crippen LogP contribution is -2.08. The summed E-state index contributed by atoms with van der Waals surface area (Å²) in [6, 6.07) is 20.7. The molecule has 188 valence electrons. The van der Waals surface area contributed by atoms with Crippen LogP contribution in [0.2, 0.25) is 0 Å². The van der Waals surface area contributed by atoms with E-state index in [4.69, 9.17) is 0 Å². The van der Waals surface area contributed by atoms with Crippen molar-refractivity contribution in [2.24, 2.45) is 0 Å². The number of hydrogen-bond acceptors (Lipinski definition) is 5. The van der Waals surface area contributed by atoms with E-state index in [9.17, 15) is 44.4 Å². The van der Waals surface area contributed by atoms with E-state index < -0.39 is 23.9 Å². The maximum absolute atomic E-state index is 13.0. The fourth-order valence-corrected chi connectivity index (χ4v) is 3.97. The average Bonchev–Trinajstić information content (AvgIpc) is 2.92. The molecule has 0 atom stereocenters. The van der Waals surface area contributed by atoms with E-state index in [1.165, 1.54) is 36.4 Å². The van der Waals surface area contributed by atoms with E-state index in [2.05, 4.69) is 0 Å². The molecule has 0 bridgehead atoms. The van der Waals surface area contributed by atoms with Crippen molar-refractivity contribution in [1.29, 1.82) is 0 Å². The molecule has 0 heterocycles. The van der Waals surface area contributed by atoms with Crippen LogP contribution < -0.4 is 0 Å². The van der Waals surface area contributed by atoms with Gasteiger partial charge in [-0.1, -0.05) is 60.7 Å². The largest absolute Gasteiger partial charge is 0.478 e. The predicted octanol–water partition coefficient (Wildman–Crippen LogP) is 5.04. The van der Waals surface area contributed by atoms with Crippen molar-refractivity contribution in [2.45, 2.75) is 0 Å². The highest BCUT2D eigenvalue weighted by molar-refractivity contribution is 6.09. The Balaban J connectivity index is 1.57. The summed E-state index contributed by atoms with van der Waals surface area (Å²) in [5, 5.41) is 37.0. The Kier molecular flexibility index (Phi) is 6.85. The molecule has 0 spiro atoms. The van der Waals surface area contributed by atoms with Gasteiger partial charge in [0.25, 0.3) is 0 Å². The van der Waals surface area contributed by atoms with E-state index in [0.29, 0.717) is 33.4 Å². The summed E-state index contributed by atoms with van der Waals surface area (Å²) in [4.78, 5) is 58.4. The van der Waals surface area contributed by atoms with E-state index in [1.54, 1.807) is 48.5 Å². The second-order valence-electron chi connectivity index (χ2n) is 8.23. The average molecular weight is 510 g/mol. The van der Waals surface area contributed by atoms with Gasteiger partial charge in [-0.05, 0) is 46.5 Å². The van der Waals surface area contributed by atoms with Crippen molar-refractivity contribution in [3.05, 3.63) is 118 Å².